The van der Waals surface area contributed by atoms with E-state index in [-0.39, 0.29) is 17.9 Å². The van der Waals surface area contributed by atoms with E-state index in [4.69, 9.17) is 5.73 Å². The molecule has 21 heavy (non-hydrogen) atoms. The van der Waals surface area contributed by atoms with Gasteiger partial charge in [0.1, 0.15) is 0 Å². The fourth-order valence-electron chi connectivity index (χ4n) is 3.27. The molecule has 1 fully saturated rings. The lowest BCUT2D eigenvalue weighted by Crippen LogP contribution is -2.44. The summed E-state index contributed by atoms with van der Waals surface area (Å²) in [4.78, 5) is 26.1. The number of carbonyl (C=O) groups excluding carboxylic acids is 2. The summed E-state index contributed by atoms with van der Waals surface area (Å²) in [6.07, 6.45) is 4.50. The van der Waals surface area contributed by atoms with Gasteiger partial charge in [-0.25, -0.2) is 0 Å². The van der Waals surface area contributed by atoms with Gasteiger partial charge in [0.2, 0.25) is 5.91 Å². The number of nitrogens with zero attached hydrogens (tertiary/aromatic N) is 1. The molecular weight excluding hydrogens is 266 g/mol. The number of benzene rings is 1. The minimum Gasteiger partial charge on any atom is -0.336 e. The molecule has 1 unspecified atom stereocenters. The molecule has 3 N–H and O–H groups in total. The number of amides is 2. The first-order valence-electron chi connectivity index (χ1n) is 7.63. The third kappa shape index (κ3) is 2.78. The summed E-state index contributed by atoms with van der Waals surface area (Å²) in [6.45, 7) is 1.40. The number of hydrogen-bond donors (Lipinski definition) is 2. The largest absolute Gasteiger partial charge is 0.336 e. The van der Waals surface area contributed by atoms with Crippen LogP contribution in [-0.2, 0) is 11.2 Å². The van der Waals surface area contributed by atoms with Crippen LogP contribution in [0.3, 0.4) is 0 Å². The highest BCUT2D eigenvalue weighted by atomic mass is 16.2. The average molecular weight is 287 g/mol. The minimum atomic E-state index is -0.00594. The number of nitrogens with one attached hydrogen (secondary N) is 1. The Balaban J connectivity index is 1.81. The number of carbonyl (C=O) groups is 2. The molecule has 1 saturated heterocycles. The van der Waals surface area contributed by atoms with E-state index in [9.17, 15) is 9.59 Å². The highest BCUT2D eigenvalue weighted by Gasteiger charge is 2.28. The number of hydrogen-bond acceptors (Lipinski definition) is 3. The Bertz CT molecular complexity index is 569. The smallest absolute Gasteiger partial charge is 0.254 e. The van der Waals surface area contributed by atoms with Crippen LogP contribution >= 0.6 is 0 Å². The zero-order valence-corrected chi connectivity index (χ0v) is 12.1. The van der Waals surface area contributed by atoms with E-state index in [1.54, 1.807) is 6.07 Å². The maximum absolute atomic E-state index is 12.7. The number of rotatable bonds is 3. The van der Waals surface area contributed by atoms with E-state index in [1.165, 1.54) is 0 Å². The summed E-state index contributed by atoms with van der Waals surface area (Å²) in [5.74, 6) is 0.0469. The summed E-state index contributed by atoms with van der Waals surface area (Å²) in [6, 6.07) is 5.76. The molecule has 0 aromatic heterocycles. The van der Waals surface area contributed by atoms with Gasteiger partial charge in [0, 0.05) is 23.8 Å². The summed E-state index contributed by atoms with van der Waals surface area (Å²) in [7, 11) is 0. The molecule has 2 aliphatic heterocycles. The molecule has 0 spiro atoms. The van der Waals surface area contributed by atoms with Crippen LogP contribution in [0.25, 0.3) is 0 Å². The number of anilines is 1. The molecule has 0 radical (unpaired) electrons. The Morgan fingerprint density at radius 3 is 3.05 bits per heavy atom. The van der Waals surface area contributed by atoms with Crippen LogP contribution < -0.4 is 11.1 Å². The van der Waals surface area contributed by atoms with Gasteiger partial charge in [-0.1, -0.05) is 6.07 Å². The highest BCUT2D eigenvalue weighted by molar-refractivity contribution is 6.02. The van der Waals surface area contributed by atoms with Gasteiger partial charge in [-0.2, -0.15) is 0 Å². The lowest BCUT2D eigenvalue weighted by molar-refractivity contribution is -0.115. The molecule has 2 aliphatic rings. The van der Waals surface area contributed by atoms with E-state index in [0.29, 0.717) is 18.5 Å². The van der Waals surface area contributed by atoms with Crippen molar-refractivity contribution in [2.45, 2.75) is 38.1 Å². The van der Waals surface area contributed by atoms with Crippen LogP contribution in [0, 0.1) is 0 Å². The molecule has 1 aromatic rings. The van der Waals surface area contributed by atoms with Gasteiger partial charge in [0.15, 0.2) is 0 Å². The lowest BCUT2D eigenvalue weighted by Gasteiger charge is -2.35. The monoisotopic (exact) mass is 287 g/mol. The van der Waals surface area contributed by atoms with Gasteiger partial charge >= 0.3 is 0 Å². The van der Waals surface area contributed by atoms with Crippen LogP contribution in [-0.4, -0.2) is 35.8 Å². The first-order valence-corrected chi connectivity index (χ1v) is 7.63. The molecular formula is C16H21N3O2. The van der Waals surface area contributed by atoms with Gasteiger partial charge in [0.05, 0.1) is 6.42 Å². The van der Waals surface area contributed by atoms with Crippen molar-refractivity contribution >= 4 is 17.5 Å². The van der Waals surface area contributed by atoms with Crippen LogP contribution in [0.2, 0.25) is 0 Å². The second-order valence-electron chi connectivity index (χ2n) is 5.82. The van der Waals surface area contributed by atoms with Gasteiger partial charge in [-0.15, -0.1) is 0 Å². The fraction of sp³-hybridized carbons (Fsp3) is 0.500. The molecule has 5 heteroatoms. The Hall–Kier alpha value is -1.88. The number of piperidine rings is 1. The molecule has 5 nitrogen and oxygen atoms in total. The Kier molecular flexibility index (Phi) is 3.92. The van der Waals surface area contributed by atoms with Crippen LogP contribution in [0.5, 0.6) is 0 Å². The van der Waals surface area contributed by atoms with E-state index < -0.39 is 0 Å². The van der Waals surface area contributed by atoms with E-state index in [0.717, 1.165) is 43.5 Å². The summed E-state index contributed by atoms with van der Waals surface area (Å²) in [5, 5.41) is 2.80. The predicted octanol–water partition coefficient (Wildman–Crippen LogP) is 1.52. The molecule has 0 aliphatic carbocycles. The third-order valence-electron chi connectivity index (χ3n) is 4.37. The van der Waals surface area contributed by atoms with Crippen LogP contribution in [0.4, 0.5) is 5.69 Å². The summed E-state index contributed by atoms with van der Waals surface area (Å²) < 4.78 is 0. The lowest BCUT2D eigenvalue weighted by atomic mass is 9.98. The van der Waals surface area contributed by atoms with Crippen LogP contribution in [0.15, 0.2) is 18.2 Å². The molecule has 0 bridgehead atoms. The normalized spacial score (nSPS) is 21.1. The van der Waals surface area contributed by atoms with Gasteiger partial charge in [-0.3, -0.25) is 9.59 Å². The second kappa shape index (κ2) is 5.85. The first-order chi connectivity index (χ1) is 10.2. The van der Waals surface area contributed by atoms with Crippen molar-refractivity contribution in [3.63, 3.8) is 0 Å². The standard InChI is InChI=1S/C16H21N3O2/c17-7-6-13-3-1-2-8-19(13)16(21)12-5-4-11-10-15(20)18-14(11)9-12/h4-5,9,13H,1-3,6-8,10,17H2,(H,18,20). The zero-order valence-electron chi connectivity index (χ0n) is 12.1. The van der Waals surface area contributed by atoms with Crippen molar-refractivity contribution in [3.8, 4) is 0 Å². The minimum absolute atomic E-state index is 0.00594. The van der Waals surface area contributed by atoms with Crippen molar-refractivity contribution in [2.24, 2.45) is 5.73 Å². The number of likely N-dealkylation sites (tertiary alicyclic amines) is 1. The summed E-state index contributed by atoms with van der Waals surface area (Å²) >= 11 is 0. The van der Waals surface area contributed by atoms with Crippen LogP contribution in [0.1, 0.15) is 41.6 Å². The molecule has 112 valence electrons. The Morgan fingerprint density at radius 1 is 1.38 bits per heavy atom. The van der Waals surface area contributed by atoms with Gasteiger partial charge < -0.3 is 16.0 Å². The molecule has 0 saturated carbocycles. The molecule has 1 atom stereocenters. The molecule has 2 amide bonds. The fourth-order valence-corrected chi connectivity index (χ4v) is 3.27. The SMILES string of the molecule is NCCC1CCCCN1C(=O)c1ccc2c(c1)NC(=O)C2. The number of nitrogens with two attached hydrogens (primary N) is 1. The Morgan fingerprint density at radius 2 is 2.24 bits per heavy atom. The summed E-state index contributed by atoms with van der Waals surface area (Å²) in [5.41, 5.74) is 8.06. The average Bonchev–Trinajstić information content (AvgIpc) is 2.86. The predicted molar refractivity (Wildman–Crippen MR) is 81.1 cm³/mol. The van der Waals surface area contributed by atoms with Crippen molar-refractivity contribution in [1.29, 1.82) is 0 Å². The maximum atomic E-state index is 12.7. The molecule has 1 aromatic carbocycles. The van der Waals surface area contributed by atoms with Gasteiger partial charge in [0.25, 0.3) is 5.91 Å². The van der Waals surface area contributed by atoms with Crippen molar-refractivity contribution < 1.29 is 9.59 Å². The maximum Gasteiger partial charge on any atom is 0.254 e. The van der Waals surface area contributed by atoms with Gasteiger partial charge in [-0.05, 0) is 49.9 Å². The highest BCUT2D eigenvalue weighted by Crippen LogP contribution is 2.27. The Labute approximate surface area is 124 Å². The molecule has 3 rings (SSSR count). The van der Waals surface area contributed by atoms with Crippen molar-refractivity contribution in [3.05, 3.63) is 29.3 Å². The van der Waals surface area contributed by atoms with Crippen molar-refractivity contribution in [1.82, 2.24) is 4.90 Å². The first kappa shape index (κ1) is 14.1. The topological polar surface area (TPSA) is 75.4 Å². The quantitative estimate of drug-likeness (QED) is 0.885. The number of fused-ring (bicyclic) bond motifs is 1. The van der Waals surface area contributed by atoms with E-state index >= 15 is 0 Å². The van der Waals surface area contributed by atoms with Crippen molar-refractivity contribution in [2.75, 3.05) is 18.4 Å². The zero-order chi connectivity index (χ0) is 14.8. The second-order valence-corrected chi connectivity index (χ2v) is 5.82. The van der Waals surface area contributed by atoms with E-state index in [2.05, 4.69) is 5.32 Å². The molecule has 2 heterocycles. The third-order valence-corrected chi connectivity index (χ3v) is 4.37. The van der Waals surface area contributed by atoms with E-state index in [1.807, 2.05) is 17.0 Å².